The Morgan fingerprint density at radius 1 is 1.37 bits per heavy atom. The number of nitrogens with two attached hydrogens (primary N) is 1. The van der Waals surface area contributed by atoms with Crippen LogP contribution in [0.2, 0.25) is 0 Å². The molecule has 1 fully saturated rings. The minimum atomic E-state index is -0.299. The van der Waals surface area contributed by atoms with Gasteiger partial charge in [-0.1, -0.05) is 29.8 Å². The van der Waals surface area contributed by atoms with E-state index in [0.29, 0.717) is 5.82 Å². The van der Waals surface area contributed by atoms with Crippen LogP contribution in [0.4, 0.5) is 0 Å². The van der Waals surface area contributed by atoms with Crippen LogP contribution >= 0.6 is 0 Å². The number of nitrogens with one attached hydrogen (secondary N) is 1. The van der Waals surface area contributed by atoms with Gasteiger partial charge in [0.05, 0.1) is 6.04 Å². The van der Waals surface area contributed by atoms with Gasteiger partial charge in [0.15, 0.2) is 11.6 Å². The summed E-state index contributed by atoms with van der Waals surface area (Å²) in [6.07, 6.45) is 2.12. The molecule has 1 aliphatic heterocycles. The number of rotatable bonds is 3. The summed E-state index contributed by atoms with van der Waals surface area (Å²) >= 11 is 0. The Morgan fingerprint density at radius 2 is 2.16 bits per heavy atom. The molecule has 3 N–H and O–H groups in total. The van der Waals surface area contributed by atoms with Crippen molar-refractivity contribution in [2.45, 2.75) is 31.9 Å². The topological polar surface area (TPSA) is 76.8 Å². The number of aromatic amines is 1. The molecule has 2 atom stereocenters. The van der Waals surface area contributed by atoms with Gasteiger partial charge in [0.1, 0.15) is 6.10 Å². The van der Waals surface area contributed by atoms with Gasteiger partial charge in [0.2, 0.25) is 0 Å². The molecular weight excluding hydrogens is 240 g/mol. The Hall–Kier alpha value is -1.72. The zero-order valence-electron chi connectivity index (χ0n) is 11.0. The molecule has 1 aliphatic rings. The second-order valence-corrected chi connectivity index (χ2v) is 4.97. The first kappa shape index (κ1) is 12.3. The fourth-order valence-corrected chi connectivity index (χ4v) is 2.29. The molecule has 0 amide bonds. The van der Waals surface area contributed by atoms with Gasteiger partial charge in [-0.25, -0.2) is 4.98 Å². The van der Waals surface area contributed by atoms with Crippen molar-refractivity contribution in [3.63, 3.8) is 0 Å². The molecule has 1 aromatic heterocycles. The number of benzene rings is 1. The first-order valence-electron chi connectivity index (χ1n) is 6.60. The molecule has 19 heavy (non-hydrogen) atoms. The maximum Gasteiger partial charge on any atom is 0.171 e. The summed E-state index contributed by atoms with van der Waals surface area (Å²) in [6, 6.07) is 7.82. The second-order valence-electron chi connectivity index (χ2n) is 4.97. The predicted molar refractivity (Wildman–Crippen MR) is 71.5 cm³/mol. The third kappa shape index (κ3) is 2.52. The Kier molecular flexibility index (Phi) is 3.31. The minimum absolute atomic E-state index is 0.0477. The van der Waals surface area contributed by atoms with E-state index in [0.717, 1.165) is 30.8 Å². The van der Waals surface area contributed by atoms with Gasteiger partial charge >= 0.3 is 0 Å². The van der Waals surface area contributed by atoms with Crippen LogP contribution < -0.4 is 5.73 Å². The summed E-state index contributed by atoms with van der Waals surface area (Å²) in [7, 11) is 0. The molecule has 1 aromatic carbocycles. The maximum atomic E-state index is 6.19. The van der Waals surface area contributed by atoms with Crippen LogP contribution in [0.25, 0.3) is 0 Å². The van der Waals surface area contributed by atoms with Gasteiger partial charge in [-0.05, 0) is 25.3 Å². The quantitative estimate of drug-likeness (QED) is 0.883. The average Bonchev–Trinajstić information content (AvgIpc) is 3.10. The van der Waals surface area contributed by atoms with Gasteiger partial charge in [0.25, 0.3) is 0 Å². The largest absolute Gasteiger partial charge is 0.370 e. The number of hydrogen-bond acceptors (Lipinski definition) is 4. The lowest BCUT2D eigenvalue weighted by Crippen LogP contribution is -2.13. The summed E-state index contributed by atoms with van der Waals surface area (Å²) in [5.74, 6) is 1.41. The van der Waals surface area contributed by atoms with Crippen molar-refractivity contribution in [2.24, 2.45) is 5.73 Å². The first-order chi connectivity index (χ1) is 9.24. The second kappa shape index (κ2) is 5.11. The molecule has 2 heterocycles. The summed E-state index contributed by atoms with van der Waals surface area (Å²) in [6.45, 7) is 2.85. The first-order valence-corrected chi connectivity index (χ1v) is 6.60. The van der Waals surface area contributed by atoms with Crippen molar-refractivity contribution in [1.82, 2.24) is 15.2 Å². The van der Waals surface area contributed by atoms with Crippen molar-refractivity contribution in [3.05, 3.63) is 47.0 Å². The van der Waals surface area contributed by atoms with Crippen LogP contribution in [-0.4, -0.2) is 21.8 Å². The maximum absolute atomic E-state index is 6.19. The molecule has 5 heteroatoms. The van der Waals surface area contributed by atoms with Crippen molar-refractivity contribution >= 4 is 0 Å². The van der Waals surface area contributed by atoms with Crippen molar-refractivity contribution < 1.29 is 4.74 Å². The zero-order valence-corrected chi connectivity index (χ0v) is 11.0. The van der Waals surface area contributed by atoms with E-state index in [1.165, 1.54) is 5.56 Å². The van der Waals surface area contributed by atoms with Crippen LogP contribution in [0.3, 0.4) is 0 Å². The Balaban J connectivity index is 1.79. The van der Waals surface area contributed by atoms with Crippen LogP contribution in [0.1, 0.15) is 47.8 Å². The van der Waals surface area contributed by atoms with E-state index < -0.39 is 0 Å². The van der Waals surface area contributed by atoms with E-state index in [4.69, 9.17) is 10.5 Å². The third-order valence-corrected chi connectivity index (χ3v) is 3.47. The van der Waals surface area contributed by atoms with Crippen molar-refractivity contribution in [3.8, 4) is 0 Å². The third-order valence-electron chi connectivity index (χ3n) is 3.47. The zero-order chi connectivity index (χ0) is 13.2. The fourth-order valence-electron chi connectivity index (χ4n) is 2.29. The lowest BCUT2D eigenvalue weighted by atomic mass is 10.1. The number of ether oxygens (including phenoxy) is 1. The van der Waals surface area contributed by atoms with Gasteiger partial charge in [-0.2, -0.15) is 5.10 Å². The monoisotopic (exact) mass is 258 g/mol. The highest BCUT2D eigenvalue weighted by Gasteiger charge is 2.23. The molecule has 1 saturated heterocycles. The average molecular weight is 258 g/mol. The molecule has 100 valence electrons. The molecule has 5 nitrogen and oxygen atoms in total. The van der Waals surface area contributed by atoms with Crippen LogP contribution in [0.15, 0.2) is 24.3 Å². The van der Waals surface area contributed by atoms with Gasteiger partial charge in [-0.3, -0.25) is 5.10 Å². The molecule has 0 spiro atoms. The lowest BCUT2D eigenvalue weighted by molar-refractivity contribution is 0.105. The number of hydrogen-bond donors (Lipinski definition) is 2. The molecule has 3 rings (SSSR count). The summed E-state index contributed by atoms with van der Waals surface area (Å²) in [5, 5.41) is 7.16. The van der Waals surface area contributed by atoms with E-state index in [1.54, 1.807) is 0 Å². The van der Waals surface area contributed by atoms with E-state index >= 15 is 0 Å². The minimum Gasteiger partial charge on any atom is -0.370 e. The molecule has 2 aromatic rings. The van der Waals surface area contributed by atoms with E-state index in [9.17, 15) is 0 Å². The Bertz CT molecular complexity index is 543. The van der Waals surface area contributed by atoms with E-state index in [1.807, 2.05) is 24.3 Å². The number of nitrogens with zero attached hydrogens (tertiary/aromatic N) is 2. The van der Waals surface area contributed by atoms with E-state index in [2.05, 4.69) is 22.1 Å². The van der Waals surface area contributed by atoms with Crippen LogP contribution in [0.5, 0.6) is 0 Å². The molecule has 0 bridgehead atoms. The van der Waals surface area contributed by atoms with Gasteiger partial charge in [0, 0.05) is 6.61 Å². The predicted octanol–water partition coefficient (Wildman–Crippen LogP) is 2.01. The highest BCUT2D eigenvalue weighted by molar-refractivity contribution is 5.27. The number of aryl methyl sites for hydroxylation is 1. The number of aromatic nitrogens is 3. The molecule has 0 unspecified atom stereocenters. The summed E-state index contributed by atoms with van der Waals surface area (Å²) < 4.78 is 5.58. The molecular formula is C14H18N4O. The van der Waals surface area contributed by atoms with Crippen LogP contribution in [-0.2, 0) is 4.74 Å². The molecule has 0 radical (unpaired) electrons. The summed E-state index contributed by atoms with van der Waals surface area (Å²) in [5.41, 5.74) is 8.42. The highest BCUT2D eigenvalue weighted by Crippen LogP contribution is 2.26. The van der Waals surface area contributed by atoms with Crippen molar-refractivity contribution in [1.29, 1.82) is 0 Å². The standard InChI is InChI=1S/C14H18N4O/c1-9-4-6-10(7-5-9)12(15)14-16-13(17-18-14)11-3-2-8-19-11/h4-7,11-12H,2-3,8,15H2,1H3,(H,16,17,18)/t11-,12+/m1/s1. The fraction of sp³-hybridized carbons (Fsp3) is 0.429. The summed E-state index contributed by atoms with van der Waals surface area (Å²) in [4.78, 5) is 4.47. The molecule has 0 saturated carbocycles. The highest BCUT2D eigenvalue weighted by atomic mass is 16.5. The Labute approximate surface area is 112 Å². The lowest BCUT2D eigenvalue weighted by Gasteiger charge is -2.08. The van der Waals surface area contributed by atoms with Gasteiger partial charge < -0.3 is 10.5 Å². The SMILES string of the molecule is Cc1ccc([C@H](N)c2n[nH]c([C@H]3CCCO3)n2)cc1. The van der Waals surface area contributed by atoms with Crippen LogP contribution in [0, 0.1) is 6.92 Å². The molecule has 0 aliphatic carbocycles. The van der Waals surface area contributed by atoms with Crippen molar-refractivity contribution in [2.75, 3.05) is 6.61 Å². The normalized spacial score (nSPS) is 20.6. The van der Waals surface area contributed by atoms with Gasteiger partial charge in [-0.15, -0.1) is 0 Å². The number of H-pyrrole nitrogens is 1. The smallest absolute Gasteiger partial charge is 0.171 e. The van der Waals surface area contributed by atoms with E-state index in [-0.39, 0.29) is 12.1 Å². The Morgan fingerprint density at radius 3 is 2.84 bits per heavy atom.